The summed E-state index contributed by atoms with van der Waals surface area (Å²) in [5.41, 5.74) is 2.80. The zero-order valence-corrected chi connectivity index (χ0v) is 11.1. The van der Waals surface area contributed by atoms with Gasteiger partial charge in [0.1, 0.15) is 0 Å². The Labute approximate surface area is 109 Å². The van der Waals surface area contributed by atoms with Crippen LogP contribution in [0.15, 0.2) is 24.3 Å². The monoisotopic (exact) mass is 246 g/mol. The average molecular weight is 246 g/mol. The first-order valence-corrected chi connectivity index (χ1v) is 6.99. The van der Waals surface area contributed by atoms with Gasteiger partial charge in [0.25, 0.3) is 0 Å². The normalized spacial score (nSPS) is 28.5. The van der Waals surface area contributed by atoms with Gasteiger partial charge in [-0.3, -0.25) is 0 Å². The van der Waals surface area contributed by atoms with Crippen LogP contribution in [0, 0.1) is 0 Å². The van der Waals surface area contributed by atoms with Crippen molar-refractivity contribution in [1.29, 1.82) is 0 Å². The second-order valence-corrected chi connectivity index (χ2v) is 5.46. The molecule has 1 N–H and O–H groups in total. The molecule has 2 atom stereocenters. The third-order valence-electron chi connectivity index (χ3n) is 3.95. The number of anilines is 1. The molecule has 0 aliphatic carbocycles. The molecular formula is C15H22N2O. The highest BCUT2D eigenvalue weighted by molar-refractivity contribution is 5.57. The van der Waals surface area contributed by atoms with Gasteiger partial charge < -0.3 is 15.0 Å². The SMILES string of the molecule is CC1CN(CC2CNc3ccccc32)CCCO1. The van der Waals surface area contributed by atoms with Gasteiger partial charge in [-0.1, -0.05) is 18.2 Å². The molecule has 3 rings (SSSR count). The van der Waals surface area contributed by atoms with E-state index in [-0.39, 0.29) is 0 Å². The van der Waals surface area contributed by atoms with Crippen molar-refractivity contribution in [3.63, 3.8) is 0 Å². The fourth-order valence-electron chi connectivity index (χ4n) is 3.08. The zero-order chi connectivity index (χ0) is 12.4. The molecule has 0 aromatic heterocycles. The van der Waals surface area contributed by atoms with Crippen LogP contribution < -0.4 is 5.32 Å². The van der Waals surface area contributed by atoms with Crippen LogP contribution in [0.5, 0.6) is 0 Å². The summed E-state index contributed by atoms with van der Waals surface area (Å²) >= 11 is 0. The number of hydrogen-bond donors (Lipinski definition) is 1. The molecule has 2 aliphatic rings. The van der Waals surface area contributed by atoms with Crippen LogP contribution in [0.4, 0.5) is 5.69 Å². The lowest BCUT2D eigenvalue weighted by Crippen LogP contribution is -2.34. The summed E-state index contributed by atoms with van der Waals surface area (Å²) in [5, 5.41) is 3.51. The smallest absolute Gasteiger partial charge is 0.0673 e. The highest BCUT2D eigenvalue weighted by Gasteiger charge is 2.25. The maximum atomic E-state index is 5.71. The number of para-hydroxylation sites is 1. The molecule has 2 aliphatic heterocycles. The van der Waals surface area contributed by atoms with Crippen molar-refractivity contribution in [3.05, 3.63) is 29.8 Å². The molecule has 0 spiro atoms. The summed E-state index contributed by atoms with van der Waals surface area (Å²) in [4.78, 5) is 2.56. The van der Waals surface area contributed by atoms with Gasteiger partial charge in [-0.2, -0.15) is 0 Å². The summed E-state index contributed by atoms with van der Waals surface area (Å²) in [5.74, 6) is 0.631. The van der Waals surface area contributed by atoms with E-state index in [1.807, 2.05) is 0 Å². The van der Waals surface area contributed by atoms with Gasteiger partial charge in [-0.05, 0) is 25.0 Å². The van der Waals surface area contributed by atoms with E-state index >= 15 is 0 Å². The largest absolute Gasteiger partial charge is 0.384 e. The van der Waals surface area contributed by atoms with Crippen LogP contribution in [-0.2, 0) is 4.74 Å². The highest BCUT2D eigenvalue weighted by Crippen LogP contribution is 2.31. The fraction of sp³-hybridized carbons (Fsp3) is 0.600. The van der Waals surface area contributed by atoms with E-state index < -0.39 is 0 Å². The molecular weight excluding hydrogens is 224 g/mol. The Balaban J connectivity index is 1.66. The first-order chi connectivity index (χ1) is 8.83. The molecule has 2 unspecified atom stereocenters. The van der Waals surface area contributed by atoms with Crippen LogP contribution in [-0.4, -0.2) is 43.8 Å². The lowest BCUT2D eigenvalue weighted by Gasteiger charge is -2.25. The second kappa shape index (κ2) is 5.29. The molecule has 0 saturated carbocycles. The number of hydrogen-bond acceptors (Lipinski definition) is 3. The molecule has 1 saturated heterocycles. The summed E-state index contributed by atoms with van der Waals surface area (Å²) in [6.07, 6.45) is 1.53. The molecule has 18 heavy (non-hydrogen) atoms. The van der Waals surface area contributed by atoms with E-state index in [4.69, 9.17) is 4.74 Å². The van der Waals surface area contributed by atoms with Crippen LogP contribution in [0.3, 0.4) is 0 Å². The van der Waals surface area contributed by atoms with Crippen LogP contribution >= 0.6 is 0 Å². The number of ether oxygens (including phenoxy) is 1. The van der Waals surface area contributed by atoms with Crippen molar-refractivity contribution in [3.8, 4) is 0 Å². The lowest BCUT2D eigenvalue weighted by atomic mass is 10.0. The Kier molecular flexibility index (Phi) is 3.52. The summed E-state index contributed by atoms with van der Waals surface area (Å²) in [6.45, 7) is 7.56. The number of benzene rings is 1. The maximum absolute atomic E-state index is 5.71. The first kappa shape index (κ1) is 12.0. The van der Waals surface area contributed by atoms with Crippen LogP contribution in [0.1, 0.15) is 24.8 Å². The van der Waals surface area contributed by atoms with Crippen molar-refractivity contribution < 1.29 is 4.74 Å². The van der Waals surface area contributed by atoms with Gasteiger partial charge >= 0.3 is 0 Å². The van der Waals surface area contributed by atoms with Crippen molar-refractivity contribution >= 4 is 5.69 Å². The second-order valence-electron chi connectivity index (χ2n) is 5.46. The predicted molar refractivity (Wildman–Crippen MR) is 74.1 cm³/mol. The van der Waals surface area contributed by atoms with Crippen LogP contribution in [0.2, 0.25) is 0 Å². The van der Waals surface area contributed by atoms with E-state index in [0.717, 1.165) is 32.7 Å². The van der Waals surface area contributed by atoms with Gasteiger partial charge in [0, 0.05) is 44.4 Å². The lowest BCUT2D eigenvalue weighted by molar-refractivity contribution is 0.0671. The number of nitrogens with one attached hydrogen (secondary N) is 1. The Bertz CT molecular complexity index is 407. The molecule has 1 aromatic rings. The molecule has 1 aromatic carbocycles. The van der Waals surface area contributed by atoms with Crippen molar-refractivity contribution in [2.45, 2.75) is 25.4 Å². The zero-order valence-electron chi connectivity index (χ0n) is 11.1. The Morgan fingerprint density at radius 2 is 2.28 bits per heavy atom. The van der Waals surface area contributed by atoms with Crippen molar-refractivity contribution in [1.82, 2.24) is 4.90 Å². The van der Waals surface area contributed by atoms with E-state index in [0.29, 0.717) is 12.0 Å². The van der Waals surface area contributed by atoms with E-state index in [1.165, 1.54) is 17.8 Å². The minimum absolute atomic E-state index is 0.372. The first-order valence-electron chi connectivity index (χ1n) is 6.99. The summed E-state index contributed by atoms with van der Waals surface area (Å²) < 4.78 is 5.71. The molecule has 0 bridgehead atoms. The molecule has 0 amide bonds. The van der Waals surface area contributed by atoms with E-state index in [2.05, 4.69) is 41.4 Å². The summed E-state index contributed by atoms with van der Waals surface area (Å²) in [6, 6.07) is 8.70. The number of rotatable bonds is 2. The van der Waals surface area contributed by atoms with Crippen molar-refractivity contribution in [2.75, 3.05) is 38.1 Å². The van der Waals surface area contributed by atoms with Gasteiger partial charge in [-0.25, -0.2) is 0 Å². The molecule has 0 radical (unpaired) electrons. The van der Waals surface area contributed by atoms with Gasteiger partial charge in [0.2, 0.25) is 0 Å². The van der Waals surface area contributed by atoms with Crippen molar-refractivity contribution in [2.24, 2.45) is 0 Å². The molecule has 2 heterocycles. The third-order valence-corrected chi connectivity index (χ3v) is 3.95. The minimum Gasteiger partial charge on any atom is -0.384 e. The maximum Gasteiger partial charge on any atom is 0.0673 e. The Morgan fingerprint density at radius 1 is 1.39 bits per heavy atom. The van der Waals surface area contributed by atoms with Gasteiger partial charge in [0.05, 0.1) is 6.10 Å². The Morgan fingerprint density at radius 3 is 3.22 bits per heavy atom. The van der Waals surface area contributed by atoms with Gasteiger partial charge in [0.15, 0.2) is 0 Å². The molecule has 1 fully saturated rings. The molecule has 3 nitrogen and oxygen atoms in total. The number of fused-ring (bicyclic) bond motifs is 1. The fourth-order valence-corrected chi connectivity index (χ4v) is 3.08. The van der Waals surface area contributed by atoms with E-state index in [1.54, 1.807) is 0 Å². The van der Waals surface area contributed by atoms with Gasteiger partial charge in [-0.15, -0.1) is 0 Å². The third kappa shape index (κ3) is 2.52. The van der Waals surface area contributed by atoms with E-state index in [9.17, 15) is 0 Å². The molecule has 98 valence electrons. The highest BCUT2D eigenvalue weighted by atomic mass is 16.5. The molecule has 3 heteroatoms. The minimum atomic E-state index is 0.372. The topological polar surface area (TPSA) is 24.5 Å². The summed E-state index contributed by atoms with van der Waals surface area (Å²) in [7, 11) is 0. The standard InChI is InChI=1S/C15H22N2O/c1-12-10-17(7-4-8-18-12)11-13-9-16-15-6-3-2-5-14(13)15/h2-3,5-6,12-13,16H,4,7-11H2,1H3. The number of nitrogens with zero attached hydrogens (tertiary/aromatic N) is 1. The predicted octanol–water partition coefficient (Wildman–Crippen LogP) is 2.31. The average Bonchev–Trinajstić information content (AvgIpc) is 2.66. The van der Waals surface area contributed by atoms with Crippen LogP contribution in [0.25, 0.3) is 0 Å². The quantitative estimate of drug-likeness (QED) is 0.866. The Hall–Kier alpha value is -1.06.